The van der Waals surface area contributed by atoms with Gasteiger partial charge in [0, 0.05) is 5.56 Å². The molecule has 25 heavy (non-hydrogen) atoms. The topological polar surface area (TPSA) is 75.7 Å². The minimum Gasteiger partial charge on any atom is -0.494 e. The minimum absolute atomic E-state index is 0.0314. The third-order valence-corrected chi connectivity index (χ3v) is 4.98. The number of ketones is 1. The van der Waals surface area contributed by atoms with Gasteiger partial charge in [0.25, 0.3) is 5.91 Å². The van der Waals surface area contributed by atoms with Crippen LogP contribution in [0.4, 0.5) is 9.18 Å². The predicted molar refractivity (Wildman–Crippen MR) is 88.0 cm³/mol. The van der Waals surface area contributed by atoms with Gasteiger partial charge >= 0.3 is 6.03 Å². The summed E-state index contributed by atoms with van der Waals surface area (Å²) in [5, 5.41) is 2.79. The van der Waals surface area contributed by atoms with Gasteiger partial charge in [-0.3, -0.25) is 14.5 Å². The number of amides is 3. The summed E-state index contributed by atoms with van der Waals surface area (Å²) in [4.78, 5) is 38.4. The number of hydrogen-bond acceptors (Lipinski definition) is 4. The molecule has 134 valence electrons. The maximum absolute atomic E-state index is 13.8. The zero-order valence-electron chi connectivity index (χ0n) is 14.1. The number of benzene rings is 1. The van der Waals surface area contributed by atoms with Crippen molar-refractivity contribution in [2.24, 2.45) is 0 Å². The second-order valence-corrected chi connectivity index (χ2v) is 6.59. The largest absolute Gasteiger partial charge is 0.494 e. The molecule has 1 aliphatic heterocycles. The Labute approximate surface area is 145 Å². The number of hydrogen-bond donors (Lipinski definition) is 1. The molecule has 0 aromatic heterocycles. The first-order valence-electron chi connectivity index (χ1n) is 8.48. The van der Waals surface area contributed by atoms with Gasteiger partial charge in [0.15, 0.2) is 17.3 Å². The zero-order chi connectivity index (χ0) is 18.0. The fourth-order valence-corrected chi connectivity index (χ4v) is 3.57. The highest BCUT2D eigenvalue weighted by atomic mass is 19.1. The quantitative estimate of drug-likeness (QED) is 0.670. The van der Waals surface area contributed by atoms with E-state index >= 15 is 0 Å². The van der Waals surface area contributed by atoms with Crippen molar-refractivity contribution in [2.75, 3.05) is 13.7 Å². The molecule has 1 saturated carbocycles. The van der Waals surface area contributed by atoms with Gasteiger partial charge in [-0.15, -0.1) is 0 Å². The molecule has 2 aliphatic rings. The highest BCUT2D eigenvalue weighted by Crippen LogP contribution is 2.32. The van der Waals surface area contributed by atoms with Crippen molar-refractivity contribution in [3.63, 3.8) is 0 Å². The molecular formula is C18H21FN2O4. The Morgan fingerprint density at radius 3 is 2.52 bits per heavy atom. The smallest absolute Gasteiger partial charge is 0.325 e. The van der Waals surface area contributed by atoms with Crippen LogP contribution < -0.4 is 10.1 Å². The maximum Gasteiger partial charge on any atom is 0.325 e. The molecule has 1 aromatic rings. The van der Waals surface area contributed by atoms with Crippen molar-refractivity contribution in [2.45, 2.75) is 44.1 Å². The van der Waals surface area contributed by atoms with Gasteiger partial charge in [-0.2, -0.15) is 0 Å². The van der Waals surface area contributed by atoms with Crippen LogP contribution in [-0.4, -0.2) is 41.8 Å². The molecule has 0 unspecified atom stereocenters. The summed E-state index contributed by atoms with van der Waals surface area (Å²) in [5.74, 6) is -1.47. The molecule has 1 saturated heterocycles. The number of rotatable bonds is 4. The first kappa shape index (κ1) is 17.4. The van der Waals surface area contributed by atoms with E-state index in [4.69, 9.17) is 4.74 Å². The molecule has 0 radical (unpaired) electrons. The summed E-state index contributed by atoms with van der Waals surface area (Å²) < 4.78 is 18.6. The molecule has 1 spiro atoms. The molecule has 1 aromatic carbocycles. The fraction of sp³-hybridized carbons (Fsp3) is 0.500. The van der Waals surface area contributed by atoms with Crippen LogP contribution in [0, 0.1) is 5.82 Å². The average Bonchev–Trinajstić information content (AvgIpc) is 2.76. The molecule has 0 bridgehead atoms. The number of halogens is 1. The van der Waals surface area contributed by atoms with Gasteiger partial charge in [0.05, 0.1) is 13.7 Å². The van der Waals surface area contributed by atoms with Crippen molar-refractivity contribution in [3.05, 3.63) is 29.6 Å². The summed E-state index contributed by atoms with van der Waals surface area (Å²) >= 11 is 0. The number of nitrogens with zero attached hydrogens (tertiary/aromatic N) is 1. The van der Waals surface area contributed by atoms with Crippen LogP contribution in [0.3, 0.4) is 0 Å². The summed E-state index contributed by atoms with van der Waals surface area (Å²) in [7, 11) is 1.33. The van der Waals surface area contributed by atoms with Crippen LogP contribution in [0.25, 0.3) is 0 Å². The Morgan fingerprint density at radius 1 is 1.24 bits per heavy atom. The second-order valence-electron chi connectivity index (χ2n) is 6.59. The second kappa shape index (κ2) is 6.82. The molecule has 3 amide bonds. The van der Waals surface area contributed by atoms with Crippen molar-refractivity contribution >= 4 is 17.7 Å². The van der Waals surface area contributed by atoms with Crippen LogP contribution in [0.15, 0.2) is 18.2 Å². The first-order chi connectivity index (χ1) is 12.0. The van der Waals surface area contributed by atoms with E-state index in [9.17, 15) is 18.8 Å². The number of urea groups is 1. The van der Waals surface area contributed by atoms with Gasteiger partial charge in [0.2, 0.25) is 0 Å². The van der Waals surface area contributed by atoms with Gasteiger partial charge < -0.3 is 10.1 Å². The summed E-state index contributed by atoms with van der Waals surface area (Å²) in [6.07, 6.45) is 5.01. The predicted octanol–water partition coefficient (Wildman–Crippen LogP) is 2.66. The van der Waals surface area contributed by atoms with Gasteiger partial charge in [0.1, 0.15) is 5.54 Å². The molecule has 1 aliphatic carbocycles. The highest BCUT2D eigenvalue weighted by Gasteiger charge is 2.51. The first-order valence-corrected chi connectivity index (χ1v) is 8.48. The minimum atomic E-state index is -0.876. The summed E-state index contributed by atoms with van der Waals surface area (Å²) in [6.45, 7) is -0.391. The van der Waals surface area contributed by atoms with E-state index in [1.54, 1.807) is 0 Å². The van der Waals surface area contributed by atoms with E-state index in [1.165, 1.54) is 19.2 Å². The van der Waals surface area contributed by atoms with E-state index in [0.29, 0.717) is 12.8 Å². The molecule has 2 fully saturated rings. The van der Waals surface area contributed by atoms with Crippen LogP contribution >= 0.6 is 0 Å². The zero-order valence-corrected chi connectivity index (χ0v) is 14.1. The third kappa shape index (κ3) is 3.23. The fourth-order valence-electron chi connectivity index (χ4n) is 3.57. The van der Waals surface area contributed by atoms with Crippen LogP contribution in [0.2, 0.25) is 0 Å². The lowest BCUT2D eigenvalue weighted by Crippen LogP contribution is -2.46. The molecular weight excluding hydrogens is 327 g/mol. The Balaban J connectivity index is 1.76. The lowest BCUT2D eigenvalue weighted by Gasteiger charge is -2.24. The van der Waals surface area contributed by atoms with E-state index in [0.717, 1.165) is 36.6 Å². The molecule has 7 heteroatoms. The van der Waals surface area contributed by atoms with Gasteiger partial charge in [-0.05, 0) is 31.0 Å². The Hall–Kier alpha value is -2.44. The number of carbonyl (C=O) groups excluding carboxylic acids is 3. The van der Waals surface area contributed by atoms with Crippen molar-refractivity contribution in [1.29, 1.82) is 0 Å². The van der Waals surface area contributed by atoms with Crippen LogP contribution in [-0.2, 0) is 4.79 Å². The third-order valence-electron chi connectivity index (χ3n) is 4.98. The lowest BCUT2D eigenvalue weighted by atomic mass is 9.90. The molecule has 6 nitrogen and oxygen atoms in total. The number of Topliss-reactive ketones (excluding diaryl/α,β-unsaturated/α-hetero) is 1. The average molecular weight is 348 g/mol. The maximum atomic E-state index is 13.8. The number of nitrogens with one attached hydrogen (secondary N) is 1. The number of ether oxygens (including phenoxy) is 1. The van der Waals surface area contributed by atoms with E-state index in [-0.39, 0.29) is 17.2 Å². The van der Waals surface area contributed by atoms with Gasteiger partial charge in [-0.25, -0.2) is 9.18 Å². The van der Waals surface area contributed by atoms with Crippen molar-refractivity contribution < 1.29 is 23.5 Å². The van der Waals surface area contributed by atoms with E-state index in [2.05, 4.69) is 5.32 Å². The lowest BCUT2D eigenvalue weighted by molar-refractivity contribution is -0.131. The molecule has 1 heterocycles. The normalized spacial score (nSPS) is 19.7. The van der Waals surface area contributed by atoms with E-state index in [1.807, 2.05) is 0 Å². The van der Waals surface area contributed by atoms with Crippen molar-refractivity contribution in [1.82, 2.24) is 10.2 Å². The Morgan fingerprint density at radius 2 is 1.92 bits per heavy atom. The van der Waals surface area contributed by atoms with Crippen LogP contribution in [0.5, 0.6) is 5.75 Å². The monoisotopic (exact) mass is 348 g/mol. The Kier molecular flexibility index (Phi) is 4.74. The van der Waals surface area contributed by atoms with Gasteiger partial charge in [-0.1, -0.05) is 25.7 Å². The number of carbonyl (C=O) groups is 3. The summed E-state index contributed by atoms with van der Waals surface area (Å²) in [5.41, 5.74) is -0.778. The molecule has 3 rings (SSSR count). The standard InChI is InChI=1S/C18H21FN2O4/c1-25-15-7-6-12(10-13(15)19)14(22)11-21-16(23)18(20-17(21)24)8-4-2-3-5-9-18/h6-7,10H,2-5,8-9,11H2,1H3,(H,20,24). The Bertz CT molecular complexity index is 711. The number of imide groups is 1. The number of methoxy groups -OCH3 is 1. The van der Waals surface area contributed by atoms with Crippen LogP contribution in [0.1, 0.15) is 48.9 Å². The van der Waals surface area contributed by atoms with Crippen molar-refractivity contribution in [3.8, 4) is 5.75 Å². The highest BCUT2D eigenvalue weighted by molar-refractivity contribution is 6.11. The molecule has 1 N–H and O–H groups in total. The van der Waals surface area contributed by atoms with E-state index < -0.39 is 29.7 Å². The summed E-state index contributed by atoms with van der Waals surface area (Å²) in [6, 6.07) is 3.28. The SMILES string of the molecule is COc1ccc(C(=O)CN2C(=O)NC3(CCCCCC3)C2=O)cc1F. The molecule has 0 atom stereocenters.